The summed E-state index contributed by atoms with van der Waals surface area (Å²) in [6, 6.07) is 7.19. The van der Waals surface area contributed by atoms with E-state index >= 15 is 0 Å². The third-order valence-electron chi connectivity index (χ3n) is 3.02. The molecule has 0 spiro atoms. The zero-order valence-corrected chi connectivity index (χ0v) is 10.7. The Morgan fingerprint density at radius 1 is 1.44 bits per heavy atom. The topological polar surface area (TPSA) is 37.3 Å². The van der Waals surface area contributed by atoms with Crippen LogP contribution in [0.1, 0.15) is 18.4 Å². The monoisotopic (exact) mass is 258 g/mol. The van der Waals surface area contributed by atoms with Gasteiger partial charge >= 0.3 is 0 Å². The standard InChI is InChI=1S/C12H15ClO2S/c1-16(15)8-12(14,9-2-3-9)10-4-6-11(13)7-5-10/h4-7,9,14H,2-3,8H2,1H3/t12-,16-/m1/s1. The van der Waals surface area contributed by atoms with Crippen molar-refractivity contribution >= 4 is 22.4 Å². The molecule has 2 atom stereocenters. The minimum absolute atomic E-state index is 0.248. The number of rotatable bonds is 4. The maximum absolute atomic E-state index is 11.4. The van der Waals surface area contributed by atoms with Gasteiger partial charge in [-0.2, -0.15) is 0 Å². The molecular weight excluding hydrogens is 244 g/mol. The molecule has 1 aliphatic rings. The van der Waals surface area contributed by atoms with Crippen molar-refractivity contribution in [3.05, 3.63) is 34.9 Å². The highest BCUT2D eigenvalue weighted by Gasteiger charge is 2.45. The Kier molecular flexibility index (Phi) is 3.38. The van der Waals surface area contributed by atoms with Crippen molar-refractivity contribution in [2.45, 2.75) is 18.4 Å². The summed E-state index contributed by atoms with van der Waals surface area (Å²) in [7, 11) is -1.00. The summed E-state index contributed by atoms with van der Waals surface area (Å²) in [5.41, 5.74) is -0.112. The van der Waals surface area contributed by atoms with Crippen LogP contribution >= 0.6 is 11.6 Å². The first-order valence-corrected chi connectivity index (χ1v) is 7.41. The van der Waals surface area contributed by atoms with Crippen LogP contribution in [0.2, 0.25) is 5.02 Å². The second-order valence-corrected chi connectivity index (χ2v) is 6.29. The Hall–Kier alpha value is -0.380. The molecule has 88 valence electrons. The van der Waals surface area contributed by atoms with Gasteiger partial charge in [0.05, 0.1) is 5.75 Å². The molecule has 1 aliphatic carbocycles. The Morgan fingerprint density at radius 2 is 2.00 bits per heavy atom. The first kappa shape index (κ1) is 12.1. The van der Waals surface area contributed by atoms with Gasteiger partial charge in [0.1, 0.15) is 5.60 Å². The molecule has 0 radical (unpaired) electrons. The van der Waals surface area contributed by atoms with Gasteiger partial charge in [-0.3, -0.25) is 4.21 Å². The van der Waals surface area contributed by atoms with Gasteiger partial charge in [0.25, 0.3) is 0 Å². The van der Waals surface area contributed by atoms with Crippen molar-refractivity contribution in [2.75, 3.05) is 12.0 Å². The van der Waals surface area contributed by atoms with Gasteiger partial charge < -0.3 is 5.11 Å². The van der Waals surface area contributed by atoms with Gasteiger partial charge in [-0.05, 0) is 36.5 Å². The molecule has 0 amide bonds. The molecule has 1 aromatic rings. The van der Waals surface area contributed by atoms with Crippen LogP contribution < -0.4 is 0 Å². The van der Waals surface area contributed by atoms with E-state index in [0.717, 1.165) is 18.4 Å². The lowest BCUT2D eigenvalue weighted by Gasteiger charge is -2.27. The quantitative estimate of drug-likeness (QED) is 0.900. The van der Waals surface area contributed by atoms with Crippen LogP contribution in [-0.2, 0) is 16.4 Å². The Balaban J connectivity index is 2.31. The molecule has 16 heavy (non-hydrogen) atoms. The third kappa shape index (κ3) is 2.47. The van der Waals surface area contributed by atoms with Crippen molar-refractivity contribution in [2.24, 2.45) is 5.92 Å². The van der Waals surface area contributed by atoms with E-state index in [0.29, 0.717) is 10.8 Å². The summed E-state index contributed by atoms with van der Waals surface area (Å²) in [5.74, 6) is 0.553. The molecule has 1 N–H and O–H groups in total. The van der Waals surface area contributed by atoms with Crippen LogP contribution in [0.5, 0.6) is 0 Å². The number of hydrogen-bond donors (Lipinski definition) is 1. The molecule has 4 heteroatoms. The zero-order chi connectivity index (χ0) is 11.8. The summed E-state index contributed by atoms with van der Waals surface area (Å²) in [4.78, 5) is 0. The van der Waals surface area contributed by atoms with Crippen LogP contribution in [0.25, 0.3) is 0 Å². The van der Waals surface area contributed by atoms with Crippen LogP contribution in [0.15, 0.2) is 24.3 Å². The fourth-order valence-corrected chi connectivity index (χ4v) is 3.19. The van der Waals surface area contributed by atoms with E-state index in [1.54, 1.807) is 18.4 Å². The molecule has 2 nitrogen and oxygen atoms in total. The highest BCUT2D eigenvalue weighted by atomic mass is 35.5. The maximum Gasteiger partial charge on any atom is 0.104 e. The lowest BCUT2D eigenvalue weighted by Crippen LogP contribution is -2.34. The van der Waals surface area contributed by atoms with Crippen molar-refractivity contribution in [3.8, 4) is 0 Å². The second-order valence-electron chi connectivity index (χ2n) is 4.42. The average molecular weight is 259 g/mol. The average Bonchev–Trinajstić information content (AvgIpc) is 3.00. The van der Waals surface area contributed by atoms with E-state index in [2.05, 4.69) is 0 Å². The maximum atomic E-state index is 11.4. The van der Waals surface area contributed by atoms with Crippen LogP contribution in [0.3, 0.4) is 0 Å². The summed E-state index contributed by atoms with van der Waals surface area (Å²) in [6.07, 6.45) is 3.65. The fraction of sp³-hybridized carbons (Fsp3) is 0.500. The number of benzene rings is 1. The largest absolute Gasteiger partial charge is 0.384 e. The van der Waals surface area contributed by atoms with Crippen LogP contribution in [-0.4, -0.2) is 21.3 Å². The van der Waals surface area contributed by atoms with Gasteiger partial charge in [-0.1, -0.05) is 23.7 Å². The lowest BCUT2D eigenvalue weighted by molar-refractivity contribution is 0.0375. The molecule has 0 bridgehead atoms. The van der Waals surface area contributed by atoms with Crippen molar-refractivity contribution < 1.29 is 9.32 Å². The third-order valence-corrected chi connectivity index (χ3v) is 4.12. The number of halogens is 1. The smallest absolute Gasteiger partial charge is 0.104 e. The minimum Gasteiger partial charge on any atom is -0.384 e. The van der Waals surface area contributed by atoms with Gasteiger partial charge in [-0.25, -0.2) is 0 Å². The molecule has 0 aliphatic heterocycles. The summed E-state index contributed by atoms with van der Waals surface area (Å²) >= 11 is 5.82. The molecule has 0 saturated heterocycles. The summed E-state index contributed by atoms with van der Waals surface area (Å²) in [6.45, 7) is 0. The molecule has 0 aromatic heterocycles. The lowest BCUT2D eigenvalue weighted by atomic mass is 9.91. The molecule has 2 rings (SSSR count). The predicted molar refractivity (Wildman–Crippen MR) is 67.0 cm³/mol. The summed E-state index contributed by atoms with van der Waals surface area (Å²) < 4.78 is 11.4. The number of hydrogen-bond acceptors (Lipinski definition) is 2. The SMILES string of the molecule is C[S@@](=O)C[C@](O)(c1ccc(Cl)cc1)C1CC1. The summed E-state index contributed by atoms with van der Waals surface area (Å²) in [5, 5.41) is 11.3. The van der Waals surface area contributed by atoms with Crippen molar-refractivity contribution in [1.82, 2.24) is 0 Å². The first-order chi connectivity index (χ1) is 7.52. The minimum atomic E-state index is -1.00. The normalized spacial score (nSPS) is 21.4. The molecule has 1 saturated carbocycles. The van der Waals surface area contributed by atoms with Crippen LogP contribution in [0.4, 0.5) is 0 Å². The van der Waals surface area contributed by atoms with E-state index in [1.165, 1.54) is 0 Å². The van der Waals surface area contributed by atoms with Crippen molar-refractivity contribution in [3.63, 3.8) is 0 Å². The predicted octanol–water partition coefficient (Wildman–Crippen LogP) is 2.32. The highest BCUT2D eigenvalue weighted by molar-refractivity contribution is 7.84. The molecule has 1 aromatic carbocycles. The second kappa shape index (κ2) is 4.47. The molecular formula is C12H15ClO2S. The van der Waals surface area contributed by atoms with Gasteiger partial charge in [0, 0.05) is 22.1 Å². The van der Waals surface area contributed by atoms with Crippen molar-refractivity contribution in [1.29, 1.82) is 0 Å². The van der Waals surface area contributed by atoms with E-state index in [4.69, 9.17) is 11.6 Å². The van der Waals surface area contributed by atoms with E-state index in [9.17, 15) is 9.32 Å². The van der Waals surface area contributed by atoms with Gasteiger partial charge in [-0.15, -0.1) is 0 Å². The molecule has 0 heterocycles. The fourth-order valence-electron chi connectivity index (χ4n) is 2.05. The van der Waals surface area contributed by atoms with Gasteiger partial charge in [0.15, 0.2) is 0 Å². The van der Waals surface area contributed by atoms with E-state index in [1.807, 2.05) is 12.1 Å². The molecule has 0 unspecified atom stereocenters. The number of aliphatic hydroxyl groups is 1. The Morgan fingerprint density at radius 3 is 2.44 bits per heavy atom. The van der Waals surface area contributed by atoms with E-state index < -0.39 is 16.4 Å². The Labute approximate surface area is 103 Å². The highest BCUT2D eigenvalue weighted by Crippen LogP contribution is 2.46. The van der Waals surface area contributed by atoms with E-state index in [-0.39, 0.29) is 5.92 Å². The van der Waals surface area contributed by atoms with Crippen LogP contribution in [0, 0.1) is 5.92 Å². The van der Waals surface area contributed by atoms with Gasteiger partial charge in [0.2, 0.25) is 0 Å². The Bertz CT molecular complexity index is 400. The molecule has 1 fully saturated rings. The zero-order valence-electron chi connectivity index (χ0n) is 9.15. The first-order valence-electron chi connectivity index (χ1n) is 5.31.